The Balaban J connectivity index is 1.78. The number of amides is 2. The molecule has 0 radical (unpaired) electrons. The number of nitrogens with one attached hydrogen (secondary N) is 1. The Morgan fingerprint density at radius 3 is 2.70 bits per heavy atom. The SMILES string of the molecule is COCC(N)C(=O)Nc1ccc2c(c1)CCC(=O)N2Cc1ccc(Cl)cc1. The Morgan fingerprint density at radius 2 is 2.00 bits per heavy atom. The summed E-state index contributed by atoms with van der Waals surface area (Å²) in [4.78, 5) is 26.3. The van der Waals surface area contributed by atoms with Crippen LogP contribution in [0, 0.1) is 0 Å². The Kier molecular flexibility index (Phi) is 6.11. The molecule has 142 valence electrons. The number of carbonyl (C=O) groups excluding carboxylic acids is 2. The van der Waals surface area contributed by atoms with E-state index >= 15 is 0 Å². The van der Waals surface area contributed by atoms with E-state index in [2.05, 4.69) is 5.32 Å². The summed E-state index contributed by atoms with van der Waals surface area (Å²) >= 11 is 5.93. The maximum atomic E-state index is 12.5. The largest absolute Gasteiger partial charge is 0.383 e. The summed E-state index contributed by atoms with van der Waals surface area (Å²) in [6.07, 6.45) is 1.07. The molecule has 1 atom stereocenters. The van der Waals surface area contributed by atoms with Crippen LogP contribution in [0.4, 0.5) is 11.4 Å². The van der Waals surface area contributed by atoms with Gasteiger partial charge in [-0.2, -0.15) is 0 Å². The topological polar surface area (TPSA) is 84.7 Å². The predicted octanol–water partition coefficient (Wildman–Crippen LogP) is 2.73. The molecule has 0 aliphatic carbocycles. The van der Waals surface area contributed by atoms with Crippen molar-refractivity contribution in [1.29, 1.82) is 0 Å². The van der Waals surface area contributed by atoms with Crippen LogP contribution >= 0.6 is 11.6 Å². The third kappa shape index (κ3) is 4.66. The van der Waals surface area contributed by atoms with Crippen molar-refractivity contribution in [2.24, 2.45) is 5.73 Å². The number of anilines is 2. The Morgan fingerprint density at radius 1 is 1.26 bits per heavy atom. The molecule has 3 rings (SSSR count). The van der Waals surface area contributed by atoms with Crippen LogP contribution in [0.25, 0.3) is 0 Å². The van der Waals surface area contributed by atoms with Crippen molar-refractivity contribution >= 4 is 34.8 Å². The lowest BCUT2D eigenvalue weighted by atomic mass is 9.99. The summed E-state index contributed by atoms with van der Waals surface area (Å²) in [5.74, 6) is -0.224. The standard InChI is InChI=1S/C20H22ClN3O3/c1-27-12-17(22)20(26)23-16-7-8-18-14(10-16)4-9-19(25)24(18)11-13-2-5-15(21)6-3-13/h2-3,5-8,10,17H,4,9,11-12,22H2,1H3,(H,23,26). The van der Waals surface area contributed by atoms with Crippen LogP contribution in [-0.2, 0) is 27.3 Å². The summed E-state index contributed by atoms with van der Waals surface area (Å²) in [5, 5.41) is 3.46. The summed E-state index contributed by atoms with van der Waals surface area (Å²) in [7, 11) is 1.50. The van der Waals surface area contributed by atoms with E-state index in [0.29, 0.717) is 30.1 Å². The molecule has 0 spiro atoms. The van der Waals surface area contributed by atoms with Crippen LogP contribution in [0.5, 0.6) is 0 Å². The van der Waals surface area contributed by atoms with Crippen LogP contribution in [0.1, 0.15) is 17.5 Å². The first-order chi connectivity index (χ1) is 13.0. The molecule has 2 aromatic rings. The van der Waals surface area contributed by atoms with Gasteiger partial charge in [-0.15, -0.1) is 0 Å². The van der Waals surface area contributed by atoms with Crippen LogP contribution in [0.3, 0.4) is 0 Å². The number of carbonyl (C=O) groups is 2. The van der Waals surface area contributed by atoms with Crippen molar-refractivity contribution in [2.75, 3.05) is 23.9 Å². The highest BCUT2D eigenvalue weighted by atomic mass is 35.5. The van der Waals surface area contributed by atoms with Crippen molar-refractivity contribution in [3.8, 4) is 0 Å². The van der Waals surface area contributed by atoms with E-state index in [4.69, 9.17) is 22.1 Å². The lowest BCUT2D eigenvalue weighted by molar-refractivity contribution is -0.119. The van der Waals surface area contributed by atoms with E-state index in [0.717, 1.165) is 16.8 Å². The molecule has 0 saturated heterocycles. The molecule has 1 aliphatic rings. The molecule has 2 aromatic carbocycles. The van der Waals surface area contributed by atoms with E-state index in [-0.39, 0.29) is 18.4 Å². The molecule has 3 N–H and O–H groups in total. The van der Waals surface area contributed by atoms with Gasteiger partial charge in [0.05, 0.1) is 13.2 Å². The number of ether oxygens (including phenoxy) is 1. The maximum absolute atomic E-state index is 12.5. The number of nitrogens with zero attached hydrogens (tertiary/aromatic N) is 1. The van der Waals surface area contributed by atoms with Gasteiger partial charge in [-0.3, -0.25) is 9.59 Å². The molecule has 0 bridgehead atoms. The van der Waals surface area contributed by atoms with Gasteiger partial charge in [0.2, 0.25) is 11.8 Å². The Bertz CT molecular complexity index is 839. The van der Waals surface area contributed by atoms with Crippen molar-refractivity contribution in [2.45, 2.75) is 25.4 Å². The first kappa shape index (κ1) is 19.4. The van der Waals surface area contributed by atoms with Gasteiger partial charge < -0.3 is 20.7 Å². The van der Waals surface area contributed by atoms with E-state index in [1.807, 2.05) is 36.4 Å². The van der Waals surface area contributed by atoms with Crippen molar-refractivity contribution in [3.05, 3.63) is 58.6 Å². The van der Waals surface area contributed by atoms with Gasteiger partial charge in [-0.25, -0.2) is 0 Å². The third-order valence-electron chi connectivity index (χ3n) is 4.48. The summed E-state index contributed by atoms with van der Waals surface area (Å²) in [5.41, 5.74) is 9.29. The molecule has 1 unspecified atom stereocenters. The molecule has 1 heterocycles. The number of hydrogen-bond acceptors (Lipinski definition) is 4. The van der Waals surface area contributed by atoms with Crippen LogP contribution in [0.15, 0.2) is 42.5 Å². The highest BCUT2D eigenvalue weighted by Crippen LogP contribution is 2.31. The van der Waals surface area contributed by atoms with E-state index in [1.54, 1.807) is 11.0 Å². The van der Waals surface area contributed by atoms with Gasteiger partial charge in [-0.1, -0.05) is 23.7 Å². The zero-order chi connectivity index (χ0) is 19.4. The third-order valence-corrected chi connectivity index (χ3v) is 4.74. The number of fused-ring (bicyclic) bond motifs is 1. The monoisotopic (exact) mass is 387 g/mol. The smallest absolute Gasteiger partial charge is 0.243 e. The summed E-state index contributed by atoms with van der Waals surface area (Å²) in [6, 6.07) is 12.3. The lowest BCUT2D eigenvalue weighted by Crippen LogP contribution is -2.39. The van der Waals surface area contributed by atoms with Gasteiger partial charge in [0, 0.05) is 29.9 Å². The second-order valence-corrected chi connectivity index (χ2v) is 6.94. The molecule has 27 heavy (non-hydrogen) atoms. The van der Waals surface area contributed by atoms with E-state index in [1.165, 1.54) is 7.11 Å². The molecule has 1 aliphatic heterocycles. The average molecular weight is 388 g/mol. The molecule has 0 aromatic heterocycles. The molecular weight excluding hydrogens is 366 g/mol. The molecular formula is C20H22ClN3O3. The average Bonchev–Trinajstić information content (AvgIpc) is 2.66. The van der Waals surface area contributed by atoms with E-state index in [9.17, 15) is 9.59 Å². The zero-order valence-corrected chi connectivity index (χ0v) is 15.8. The normalized spacial score (nSPS) is 14.6. The van der Waals surface area contributed by atoms with Gasteiger partial charge in [0.1, 0.15) is 6.04 Å². The number of nitrogens with two attached hydrogens (primary N) is 1. The zero-order valence-electron chi connectivity index (χ0n) is 15.1. The fourth-order valence-corrected chi connectivity index (χ4v) is 3.20. The fourth-order valence-electron chi connectivity index (χ4n) is 3.07. The fraction of sp³-hybridized carbons (Fsp3) is 0.300. The van der Waals surface area contributed by atoms with Crippen LogP contribution < -0.4 is 16.0 Å². The van der Waals surface area contributed by atoms with Crippen molar-refractivity contribution in [3.63, 3.8) is 0 Å². The lowest BCUT2D eigenvalue weighted by Gasteiger charge is -2.30. The molecule has 0 saturated carbocycles. The second kappa shape index (κ2) is 8.52. The second-order valence-electron chi connectivity index (χ2n) is 6.50. The number of halogens is 1. The first-order valence-electron chi connectivity index (χ1n) is 8.71. The Hall–Kier alpha value is -2.41. The van der Waals surface area contributed by atoms with Gasteiger partial charge in [-0.05, 0) is 47.9 Å². The number of aryl methyl sites for hydroxylation is 1. The Labute approximate surface area is 163 Å². The van der Waals surface area contributed by atoms with Crippen LogP contribution in [-0.4, -0.2) is 31.6 Å². The minimum Gasteiger partial charge on any atom is -0.383 e. The van der Waals surface area contributed by atoms with Crippen molar-refractivity contribution < 1.29 is 14.3 Å². The number of methoxy groups -OCH3 is 1. The number of benzene rings is 2. The summed E-state index contributed by atoms with van der Waals surface area (Å²) in [6.45, 7) is 0.633. The van der Waals surface area contributed by atoms with Crippen LogP contribution in [0.2, 0.25) is 5.02 Å². The molecule has 7 heteroatoms. The number of hydrogen-bond donors (Lipinski definition) is 2. The first-order valence-corrected chi connectivity index (χ1v) is 9.09. The quantitative estimate of drug-likeness (QED) is 0.798. The number of rotatable bonds is 6. The highest BCUT2D eigenvalue weighted by molar-refractivity contribution is 6.30. The van der Waals surface area contributed by atoms with Gasteiger partial charge in [0.25, 0.3) is 0 Å². The maximum Gasteiger partial charge on any atom is 0.243 e. The predicted molar refractivity (Wildman–Crippen MR) is 106 cm³/mol. The van der Waals surface area contributed by atoms with E-state index < -0.39 is 6.04 Å². The molecule has 6 nitrogen and oxygen atoms in total. The minimum atomic E-state index is -0.728. The molecule has 2 amide bonds. The van der Waals surface area contributed by atoms with Gasteiger partial charge >= 0.3 is 0 Å². The highest BCUT2D eigenvalue weighted by Gasteiger charge is 2.25. The minimum absolute atomic E-state index is 0.0800. The molecule has 0 fully saturated rings. The van der Waals surface area contributed by atoms with Gasteiger partial charge in [0.15, 0.2) is 0 Å². The van der Waals surface area contributed by atoms with Crippen molar-refractivity contribution in [1.82, 2.24) is 0 Å². The summed E-state index contributed by atoms with van der Waals surface area (Å²) < 4.78 is 4.90.